The van der Waals surface area contributed by atoms with Gasteiger partial charge in [-0.1, -0.05) is 6.92 Å². The van der Waals surface area contributed by atoms with Gasteiger partial charge in [-0.2, -0.15) is 0 Å². The van der Waals surface area contributed by atoms with Crippen LogP contribution in [0.5, 0.6) is 0 Å². The molecular weight excluding hydrogens is 486 g/mol. The molecule has 1 unspecified atom stereocenters. The molecule has 14 heteroatoms. The van der Waals surface area contributed by atoms with Gasteiger partial charge in [0.15, 0.2) is 0 Å². The van der Waals surface area contributed by atoms with E-state index in [0.717, 1.165) is 43.9 Å². The maximum atomic E-state index is 13.1. The molecule has 1 aromatic rings. The summed E-state index contributed by atoms with van der Waals surface area (Å²) in [5.74, 6) is -2.27. The van der Waals surface area contributed by atoms with Crippen molar-refractivity contribution in [1.82, 2.24) is 40.6 Å². The number of thioether (sulfide) groups is 1. The van der Waals surface area contributed by atoms with E-state index in [9.17, 15) is 19.5 Å². The van der Waals surface area contributed by atoms with E-state index in [0.29, 0.717) is 6.04 Å². The largest absolute Gasteiger partial charge is 0.477 e. The lowest BCUT2D eigenvalue weighted by Crippen LogP contribution is -2.66. The second-order valence-corrected chi connectivity index (χ2v) is 11.6. The molecule has 1 aromatic heterocycles. The number of hydrogen-bond donors (Lipinski definition) is 4. The molecule has 0 spiro atoms. The Bertz CT molecular complexity index is 1050. The predicted octanol–water partition coefficient (Wildman–Crippen LogP) is -1.55. The highest BCUT2D eigenvalue weighted by atomic mass is 32.2. The Morgan fingerprint density at radius 3 is 2.89 bits per heavy atom. The molecule has 7 atom stereocenters. The number of amides is 2. The maximum absolute atomic E-state index is 13.1. The Morgan fingerprint density at radius 2 is 2.22 bits per heavy atom. The van der Waals surface area contributed by atoms with Crippen molar-refractivity contribution in [2.75, 3.05) is 26.2 Å². The van der Waals surface area contributed by atoms with Gasteiger partial charge in [-0.15, -0.1) is 16.9 Å². The third-order valence-electron chi connectivity index (χ3n) is 7.68. The van der Waals surface area contributed by atoms with Gasteiger partial charge < -0.3 is 31.3 Å². The highest BCUT2D eigenvalue weighted by molar-refractivity contribution is 8.03. The fourth-order valence-electron chi connectivity index (χ4n) is 6.02. The van der Waals surface area contributed by atoms with E-state index < -0.39 is 17.9 Å². The summed E-state index contributed by atoms with van der Waals surface area (Å²) in [4.78, 5) is 42.3. The maximum Gasteiger partial charge on any atom is 0.353 e. The van der Waals surface area contributed by atoms with Crippen molar-refractivity contribution in [2.45, 2.75) is 62.7 Å². The molecule has 0 aromatic carbocycles. The summed E-state index contributed by atoms with van der Waals surface area (Å²) in [6.45, 7) is 7.40. The number of carbonyl (C=O) groups excluding carboxylic acids is 2. The summed E-state index contributed by atoms with van der Waals surface area (Å²) in [7, 11) is 0. The molecular formula is C22H33N9O4S. The fraction of sp³-hybridized carbons (Fsp3) is 0.727. The molecule has 2 amide bonds. The number of carboxylic acid groups (broad SMARTS) is 1. The van der Waals surface area contributed by atoms with Crippen LogP contribution in [0.3, 0.4) is 0 Å². The Balaban J connectivity index is 1.21. The third-order valence-corrected chi connectivity index (χ3v) is 9.19. The minimum atomic E-state index is -1.08. The predicted molar refractivity (Wildman–Crippen MR) is 130 cm³/mol. The highest BCUT2D eigenvalue weighted by Gasteiger charge is 2.60. The normalized spacial score (nSPS) is 33.1. The van der Waals surface area contributed by atoms with E-state index >= 15 is 0 Å². The molecule has 4 aliphatic rings. The molecule has 0 aliphatic carbocycles. The smallest absolute Gasteiger partial charge is 0.353 e. The molecule has 5 N–H and O–H groups in total. The van der Waals surface area contributed by atoms with Crippen molar-refractivity contribution in [3.8, 4) is 0 Å². The summed E-state index contributed by atoms with van der Waals surface area (Å²) < 4.78 is 1.30. The highest BCUT2D eigenvalue weighted by Crippen LogP contribution is 2.51. The number of aliphatic carboxylic acids is 1. The van der Waals surface area contributed by atoms with Crippen molar-refractivity contribution >= 4 is 29.5 Å². The Labute approximate surface area is 213 Å². The zero-order chi connectivity index (χ0) is 25.6. The van der Waals surface area contributed by atoms with Gasteiger partial charge in [0, 0.05) is 53.8 Å². The molecule has 0 saturated carbocycles. The molecule has 5 rings (SSSR count). The number of carbonyl (C=O) groups is 3. The number of fused-ring (bicyclic) bond motifs is 1. The summed E-state index contributed by atoms with van der Waals surface area (Å²) in [5, 5.41) is 27.4. The standard InChI is InChI=1S/C22H33N9O4S/c1-11-18-17(12(2)26-16(32)9-30-10-25-27-28-30)21(33)31(18)19(22(34)35)20(11)36-15-5-14(24-6-15)8-29-4-3-13(23)7-29/h10-15,17-18,24H,3-9,23H2,1-2H3,(H,26,32)(H,34,35)/t11-,12-,13?,14+,15+,17-,18-/m1/s1. The number of tetrazole rings is 1. The van der Waals surface area contributed by atoms with Crippen molar-refractivity contribution in [1.29, 1.82) is 0 Å². The zero-order valence-corrected chi connectivity index (χ0v) is 21.2. The number of likely N-dealkylation sites (tertiary alicyclic amines) is 1. The number of rotatable bonds is 9. The number of β-lactam (4-membered cyclic amide) rings is 1. The van der Waals surface area contributed by atoms with Crippen molar-refractivity contribution in [2.24, 2.45) is 17.6 Å². The van der Waals surface area contributed by atoms with E-state index in [-0.39, 0.29) is 47.3 Å². The van der Waals surface area contributed by atoms with Crippen molar-refractivity contribution < 1.29 is 19.5 Å². The zero-order valence-electron chi connectivity index (χ0n) is 20.4. The Morgan fingerprint density at radius 1 is 1.42 bits per heavy atom. The fourth-order valence-corrected chi connectivity index (χ4v) is 7.54. The van der Waals surface area contributed by atoms with E-state index in [1.165, 1.54) is 15.9 Å². The van der Waals surface area contributed by atoms with Crippen LogP contribution in [0.2, 0.25) is 0 Å². The number of aromatic nitrogens is 4. The van der Waals surface area contributed by atoms with Gasteiger partial charge in [-0.25, -0.2) is 9.48 Å². The van der Waals surface area contributed by atoms with Crippen molar-refractivity contribution in [3.63, 3.8) is 0 Å². The van der Waals surface area contributed by atoms with Crippen LogP contribution in [0.1, 0.15) is 26.7 Å². The molecule has 5 heterocycles. The summed E-state index contributed by atoms with van der Waals surface area (Å²) in [6, 6.07) is -0.138. The van der Waals surface area contributed by atoms with Crippen molar-refractivity contribution in [3.05, 3.63) is 16.9 Å². The van der Waals surface area contributed by atoms with E-state index in [1.54, 1.807) is 18.7 Å². The van der Waals surface area contributed by atoms with Crippen LogP contribution >= 0.6 is 11.8 Å². The number of nitrogens with two attached hydrogens (primary N) is 1. The van der Waals surface area contributed by atoms with E-state index in [2.05, 4.69) is 31.1 Å². The van der Waals surface area contributed by atoms with Crippen LogP contribution in [-0.4, -0.2) is 108 Å². The van der Waals surface area contributed by atoms with Crippen LogP contribution in [0.4, 0.5) is 0 Å². The lowest BCUT2D eigenvalue weighted by Gasteiger charge is -2.47. The number of carboxylic acids is 1. The minimum Gasteiger partial charge on any atom is -0.477 e. The molecule has 3 fully saturated rings. The molecule has 0 radical (unpaired) electrons. The Hall–Kier alpha value is -2.55. The van der Waals surface area contributed by atoms with E-state index in [1.807, 2.05) is 6.92 Å². The SMILES string of the molecule is C[C@@H](NC(=O)Cn1cnnn1)[C@H]1C(=O)N2C(C(=O)O)=C(S[C@@H]3CN[C@H](CN4CCC(N)C4)C3)[C@H](C)[C@H]12. The van der Waals surface area contributed by atoms with Gasteiger partial charge in [0.25, 0.3) is 0 Å². The lowest BCUT2D eigenvalue weighted by molar-refractivity contribution is -0.158. The molecule has 13 nitrogen and oxygen atoms in total. The molecule has 196 valence electrons. The van der Waals surface area contributed by atoms with Gasteiger partial charge >= 0.3 is 5.97 Å². The number of hydrogen-bond acceptors (Lipinski definition) is 10. The first-order valence-corrected chi connectivity index (χ1v) is 13.3. The first-order chi connectivity index (χ1) is 17.2. The average Bonchev–Trinajstić information content (AvgIpc) is 3.59. The summed E-state index contributed by atoms with van der Waals surface area (Å²) >= 11 is 1.59. The topological polar surface area (TPSA) is 172 Å². The van der Waals surface area contributed by atoms with Crippen LogP contribution in [0.25, 0.3) is 0 Å². The number of nitrogens with one attached hydrogen (secondary N) is 2. The molecule has 3 saturated heterocycles. The van der Waals surface area contributed by atoms with Crippen LogP contribution in [0, 0.1) is 11.8 Å². The van der Waals surface area contributed by atoms with E-state index in [4.69, 9.17) is 5.73 Å². The van der Waals surface area contributed by atoms with Gasteiger partial charge in [0.2, 0.25) is 11.8 Å². The molecule has 0 bridgehead atoms. The van der Waals surface area contributed by atoms with Gasteiger partial charge in [-0.3, -0.25) is 9.59 Å². The quantitative estimate of drug-likeness (QED) is 0.278. The first-order valence-electron chi connectivity index (χ1n) is 12.4. The Kier molecular flexibility index (Phi) is 7.03. The first kappa shape index (κ1) is 25.1. The van der Waals surface area contributed by atoms with Gasteiger partial charge in [0.1, 0.15) is 18.6 Å². The monoisotopic (exact) mass is 519 g/mol. The second kappa shape index (κ2) is 10.1. The third kappa shape index (κ3) is 4.74. The van der Waals surface area contributed by atoms with Crippen LogP contribution in [-0.2, 0) is 20.9 Å². The molecule has 4 aliphatic heterocycles. The summed E-state index contributed by atoms with van der Waals surface area (Å²) in [5.41, 5.74) is 6.13. The van der Waals surface area contributed by atoms with Gasteiger partial charge in [-0.05, 0) is 36.7 Å². The lowest BCUT2D eigenvalue weighted by atomic mass is 9.78. The van der Waals surface area contributed by atoms with Crippen LogP contribution < -0.4 is 16.4 Å². The summed E-state index contributed by atoms with van der Waals surface area (Å²) in [6.07, 6.45) is 3.31. The molecule has 36 heavy (non-hydrogen) atoms. The average molecular weight is 520 g/mol. The number of nitrogens with zero attached hydrogens (tertiary/aromatic N) is 6. The van der Waals surface area contributed by atoms with Crippen LogP contribution in [0.15, 0.2) is 16.9 Å². The van der Waals surface area contributed by atoms with Gasteiger partial charge in [0.05, 0.1) is 12.0 Å². The minimum absolute atomic E-state index is 0.0544. The second-order valence-electron chi connectivity index (χ2n) is 10.3.